The average molecular weight is 287 g/mol. The monoisotopic (exact) mass is 287 g/mol. The maximum Gasteiger partial charge on any atom is 0.276 e. The lowest BCUT2D eigenvalue weighted by atomic mass is 10.3. The van der Waals surface area contributed by atoms with E-state index >= 15 is 0 Å². The molecule has 2 rings (SSSR count). The largest absolute Gasteiger partial charge is 0.345 e. The minimum atomic E-state index is -0.162. The predicted molar refractivity (Wildman–Crippen MR) is 76.7 cm³/mol. The fourth-order valence-electron chi connectivity index (χ4n) is 2.07. The van der Waals surface area contributed by atoms with Crippen molar-refractivity contribution in [2.24, 2.45) is 0 Å². The van der Waals surface area contributed by atoms with Crippen LogP contribution in [0.15, 0.2) is 23.3 Å². The van der Waals surface area contributed by atoms with E-state index < -0.39 is 0 Å². The molecule has 0 spiro atoms. The van der Waals surface area contributed by atoms with Gasteiger partial charge in [0.25, 0.3) is 5.56 Å². The zero-order valence-electron chi connectivity index (χ0n) is 12.1. The molecular weight excluding hydrogens is 270 g/mol. The molecule has 0 aliphatic heterocycles. The van der Waals surface area contributed by atoms with Crippen LogP contribution in [0.3, 0.4) is 0 Å². The summed E-state index contributed by atoms with van der Waals surface area (Å²) >= 11 is 0. The first-order chi connectivity index (χ1) is 10.0. The van der Waals surface area contributed by atoms with Crippen LogP contribution in [-0.2, 0) is 11.3 Å². The molecule has 0 N–H and O–H groups in total. The lowest BCUT2D eigenvalue weighted by Gasteiger charge is -2.15. The first kappa shape index (κ1) is 14.8. The second kappa shape index (κ2) is 6.22. The molecule has 7 heteroatoms. The van der Waals surface area contributed by atoms with Gasteiger partial charge in [0.15, 0.2) is 0 Å². The molecule has 0 saturated carbocycles. The van der Waals surface area contributed by atoms with E-state index in [1.165, 1.54) is 14.0 Å². The first-order valence-corrected chi connectivity index (χ1v) is 6.69. The summed E-state index contributed by atoms with van der Waals surface area (Å²) in [6.07, 6.45) is 3.87. The second-order valence-corrected chi connectivity index (χ2v) is 4.89. The third-order valence-electron chi connectivity index (χ3n) is 3.28. The van der Waals surface area contributed by atoms with Crippen molar-refractivity contribution in [3.63, 3.8) is 0 Å². The summed E-state index contributed by atoms with van der Waals surface area (Å²) in [4.78, 5) is 25.6. The summed E-state index contributed by atoms with van der Waals surface area (Å²) in [7, 11) is 1.66. The highest BCUT2D eigenvalue weighted by atomic mass is 16.2. The van der Waals surface area contributed by atoms with Crippen LogP contribution in [0, 0.1) is 18.3 Å². The van der Waals surface area contributed by atoms with Crippen molar-refractivity contribution in [2.75, 3.05) is 13.6 Å². The van der Waals surface area contributed by atoms with Gasteiger partial charge in [-0.05, 0) is 13.0 Å². The Morgan fingerprint density at radius 2 is 2.24 bits per heavy atom. The van der Waals surface area contributed by atoms with Crippen molar-refractivity contribution >= 4 is 11.4 Å². The van der Waals surface area contributed by atoms with Crippen LogP contribution in [-0.4, -0.2) is 38.6 Å². The Morgan fingerprint density at radius 3 is 2.95 bits per heavy atom. The summed E-state index contributed by atoms with van der Waals surface area (Å²) < 4.78 is 3.04. The van der Waals surface area contributed by atoms with E-state index in [0.29, 0.717) is 25.0 Å². The summed E-state index contributed by atoms with van der Waals surface area (Å²) in [6, 6.07) is 3.72. The number of amides is 1. The summed E-state index contributed by atoms with van der Waals surface area (Å²) in [5.41, 5.74) is 1.11. The summed E-state index contributed by atoms with van der Waals surface area (Å²) in [5, 5.41) is 12.7. The standard InChI is InChI=1S/C14H17N5O2/c1-11-10-12-14(21)18(8-9-19(12)16-11)7-4-13(20)17(2)6-3-5-15/h8-10H,3-4,6-7H2,1-2H3. The lowest BCUT2D eigenvalue weighted by Crippen LogP contribution is -2.30. The molecule has 2 heterocycles. The zero-order chi connectivity index (χ0) is 15.4. The maximum atomic E-state index is 12.2. The minimum absolute atomic E-state index is 0.0817. The number of hydrogen-bond acceptors (Lipinski definition) is 4. The molecule has 2 aromatic rings. The molecular formula is C14H17N5O2. The van der Waals surface area contributed by atoms with E-state index in [9.17, 15) is 9.59 Å². The van der Waals surface area contributed by atoms with Gasteiger partial charge >= 0.3 is 0 Å². The van der Waals surface area contributed by atoms with Gasteiger partial charge in [-0.3, -0.25) is 9.59 Å². The quantitative estimate of drug-likeness (QED) is 0.804. The van der Waals surface area contributed by atoms with Crippen LogP contribution in [0.5, 0.6) is 0 Å². The van der Waals surface area contributed by atoms with Gasteiger partial charge in [-0.2, -0.15) is 10.4 Å². The number of hydrogen-bond donors (Lipinski definition) is 0. The van der Waals surface area contributed by atoms with Crippen LogP contribution >= 0.6 is 0 Å². The first-order valence-electron chi connectivity index (χ1n) is 6.69. The molecule has 0 aromatic carbocycles. The average Bonchev–Trinajstić information content (AvgIpc) is 2.85. The fraction of sp³-hybridized carbons (Fsp3) is 0.429. The van der Waals surface area contributed by atoms with Gasteiger partial charge in [-0.25, -0.2) is 4.52 Å². The molecule has 0 aliphatic rings. The number of carbonyl (C=O) groups is 1. The topological polar surface area (TPSA) is 83.4 Å². The molecule has 0 unspecified atom stereocenters. The Morgan fingerprint density at radius 1 is 1.48 bits per heavy atom. The number of rotatable bonds is 5. The van der Waals surface area contributed by atoms with Crippen LogP contribution in [0.2, 0.25) is 0 Å². The van der Waals surface area contributed by atoms with E-state index in [2.05, 4.69) is 5.10 Å². The van der Waals surface area contributed by atoms with Gasteiger partial charge in [0.1, 0.15) is 5.52 Å². The van der Waals surface area contributed by atoms with Crippen LogP contribution in [0.1, 0.15) is 18.5 Å². The highest BCUT2D eigenvalue weighted by molar-refractivity contribution is 5.75. The number of aromatic nitrogens is 3. The Kier molecular flexibility index (Phi) is 4.38. The van der Waals surface area contributed by atoms with Crippen LogP contribution < -0.4 is 5.56 Å². The van der Waals surface area contributed by atoms with Crippen molar-refractivity contribution in [1.29, 1.82) is 5.26 Å². The van der Waals surface area contributed by atoms with Gasteiger partial charge in [-0.15, -0.1) is 0 Å². The minimum Gasteiger partial charge on any atom is -0.345 e. The SMILES string of the molecule is Cc1cc2c(=O)n(CCC(=O)N(C)CCC#N)ccn2n1. The number of carbonyl (C=O) groups excluding carboxylic acids is 1. The highest BCUT2D eigenvalue weighted by Crippen LogP contribution is 2.01. The van der Waals surface area contributed by atoms with E-state index in [1.54, 1.807) is 25.5 Å². The van der Waals surface area contributed by atoms with Gasteiger partial charge in [0.05, 0.1) is 18.2 Å². The van der Waals surface area contributed by atoms with Crippen molar-refractivity contribution in [1.82, 2.24) is 19.1 Å². The van der Waals surface area contributed by atoms with Crippen LogP contribution in [0.25, 0.3) is 5.52 Å². The number of fused-ring (bicyclic) bond motifs is 1. The lowest BCUT2D eigenvalue weighted by molar-refractivity contribution is -0.130. The molecule has 21 heavy (non-hydrogen) atoms. The molecule has 1 amide bonds. The maximum absolute atomic E-state index is 12.2. The smallest absolute Gasteiger partial charge is 0.276 e. The number of nitriles is 1. The van der Waals surface area contributed by atoms with Gasteiger partial charge in [-0.1, -0.05) is 0 Å². The Balaban J connectivity index is 2.07. The predicted octanol–water partition coefficient (Wildman–Crippen LogP) is 0.567. The zero-order valence-corrected chi connectivity index (χ0v) is 12.1. The van der Waals surface area contributed by atoms with Crippen molar-refractivity contribution < 1.29 is 4.79 Å². The third-order valence-corrected chi connectivity index (χ3v) is 3.28. The highest BCUT2D eigenvalue weighted by Gasteiger charge is 2.10. The summed E-state index contributed by atoms with van der Waals surface area (Å²) in [5.74, 6) is -0.0817. The molecule has 0 radical (unpaired) electrons. The number of aryl methyl sites for hydroxylation is 2. The Hall–Kier alpha value is -2.62. The van der Waals surface area contributed by atoms with E-state index in [-0.39, 0.29) is 17.9 Å². The molecule has 0 aliphatic carbocycles. The fourth-order valence-corrected chi connectivity index (χ4v) is 2.07. The molecule has 0 atom stereocenters. The molecule has 0 bridgehead atoms. The molecule has 110 valence electrons. The van der Waals surface area contributed by atoms with E-state index in [0.717, 1.165) is 5.69 Å². The molecule has 0 fully saturated rings. The van der Waals surface area contributed by atoms with E-state index in [1.807, 2.05) is 13.0 Å². The van der Waals surface area contributed by atoms with Crippen LogP contribution in [0.4, 0.5) is 0 Å². The van der Waals surface area contributed by atoms with Gasteiger partial charge < -0.3 is 9.47 Å². The molecule has 2 aromatic heterocycles. The second-order valence-electron chi connectivity index (χ2n) is 4.89. The normalized spacial score (nSPS) is 10.5. The van der Waals surface area contributed by atoms with Gasteiger partial charge in [0.2, 0.25) is 5.91 Å². The Labute approximate surface area is 122 Å². The molecule has 7 nitrogen and oxygen atoms in total. The Bertz CT molecular complexity index is 753. The third kappa shape index (κ3) is 3.28. The van der Waals surface area contributed by atoms with Crippen molar-refractivity contribution in [2.45, 2.75) is 26.3 Å². The van der Waals surface area contributed by atoms with Gasteiger partial charge in [0, 0.05) is 39.0 Å². The van der Waals surface area contributed by atoms with Crippen molar-refractivity contribution in [3.05, 3.63) is 34.5 Å². The van der Waals surface area contributed by atoms with Crippen molar-refractivity contribution in [3.8, 4) is 6.07 Å². The molecule has 0 saturated heterocycles. The van der Waals surface area contributed by atoms with E-state index in [4.69, 9.17) is 5.26 Å². The summed E-state index contributed by atoms with van der Waals surface area (Å²) in [6.45, 7) is 2.55. The number of nitrogens with zero attached hydrogens (tertiary/aromatic N) is 5.